The van der Waals surface area contributed by atoms with Gasteiger partial charge in [0.1, 0.15) is 11.5 Å². The molecule has 62 heavy (non-hydrogen) atoms. The third-order valence-corrected chi connectivity index (χ3v) is 12.1. The maximum atomic E-state index is 5.95. The van der Waals surface area contributed by atoms with Crippen LogP contribution in [0.4, 0.5) is 0 Å². The number of rotatable bonds is 6. The Morgan fingerprint density at radius 2 is 0.790 bits per heavy atom. The molecule has 0 aliphatic heterocycles. The Balaban J connectivity index is 0.000000208. The molecule has 0 aromatic heterocycles. The number of ether oxygens (including phenoxy) is 2. The number of benzene rings is 4. The first-order valence-electron chi connectivity index (χ1n) is 22.4. The van der Waals surface area contributed by atoms with Crippen LogP contribution in [-0.4, -0.2) is 23.7 Å². The molecule has 0 saturated heterocycles. The van der Waals surface area contributed by atoms with Crippen LogP contribution in [0.2, 0.25) is 13.1 Å². The Hall–Kier alpha value is -2.62. The maximum absolute atomic E-state index is 5.95. The Morgan fingerprint density at radius 1 is 0.516 bits per heavy atom. The second kappa shape index (κ2) is 20.3. The molecule has 6 heteroatoms. The molecule has 2 saturated carbocycles. The molecule has 2 aliphatic carbocycles. The van der Waals surface area contributed by atoms with Crippen molar-refractivity contribution in [3.63, 3.8) is 0 Å². The standard InChI is InChI=1S/2C27H33O.C2H6Si.2ClH.Zr/c2*1-26(2,3)23-15-20(16-24(25(23)28-7)27(4,5)6)21-10-8-9-18-13-19(14-22(18)21)17-11-12-17;1-3-2;;;/h2*8-10,13-17H,11-12H2,1-7H3;1-2H3;2*1H;/q2*-1;;;;+4/p-2. The summed E-state index contributed by atoms with van der Waals surface area (Å²) in [6, 6.07) is 32.5. The van der Waals surface area contributed by atoms with Crippen molar-refractivity contribution in [3.8, 4) is 33.8 Å². The third kappa shape index (κ3) is 12.0. The van der Waals surface area contributed by atoms with Gasteiger partial charge < -0.3 is 9.47 Å². The molecule has 2 fully saturated rings. The van der Waals surface area contributed by atoms with E-state index in [9.17, 15) is 0 Å². The third-order valence-electron chi connectivity index (χ3n) is 12.1. The zero-order valence-electron chi connectivity index (χ0n) is 40.6. The molecule has 0 bridgehead atoms. The zero-order valence-corrected chi connectivity index (χ0v) is 45.6. The van der Waals surface area contributed by atoms with Crippen molar-refractivity contribution in [3.05, 3.63) is 118 Å². The van der Waals surface area contributed by atoms with Crippen LogP contribution < -0.4 is 9.47 Å². The van der Waals surface area contributed by atoms with E-state index in [-0.39, 0.29) is 21.7 Å². The molecular weight excluding hydrogens is 895 g/mol. The Morgan fingerprint density at radius 3 is 1.02 bits per heavy atom. The molecule has 6 aromatic rings. The fraction of sp³-hybridized carbons (Fsp3) is 0.464. The number of hydrogen-bond donors (Lipinski definition) is 0. The van der Waals surface area contributed by atoms with Crippen molar-refractivity contribution in [2.24, 2.45) is 0 Å². The topological polar surface area (TPSA) is 18.5 Å². The first-order chi connectivity index (χ1) is 29.0. The van der Waals surface area contributed by atoms with Gasteiger partial charge in [-0.2, -0.15) is 12.1 Å². The summed E-state index contributed by atoms with van der Waals surface area (Å²) in [5, 5.41) is 5.50. The van der Waals surface area contributed by atoms with Gasteiger partial charge in [-0.3, -0.25) is 0 Å². The summed E-state index contributed by atoms with van der Waals surface area (Å²) in [5.74, 6) is 3.65. The molecule has 0 heterocycles. The van der Waals surface area contributed by atoms with E-state index in [0.717, 1.165) is 32.9 Å². The zero-order chi connectivity index (χ0) is 45.9. The fourth-order valence-electron chi connectivity index (χ4n) is 8.56. The first-order valence-corrected chi connectivity index (χ1v) is 30.8. The summed E-state index contributed by atoms with van der Waals surface area (Å²) in [6.07, 6.45) is 5.38. The van der Waals surface area contributed by atoms with Crippen molar-refractivity contribution in [2.45, 2.75) is 155 Å². The van der Waals surface area contributed by atoms with Gasteiger partial charge in [0.25, 0.3) is 0 Å². The van der Waals surface area contributed by atoms with Crippen LogP contribution in [0.3, 0.4) is 0 Å². The van der Waals surface area contributed by atoms with Gasteiger partial charge in [-0.25, -0.2) is 0 Å². The van der Waals surface area contributed by atoms with Crippen LogP contribution in [0.25, 0.3) is 43.8 Å². The number of hydrogen-bond acceptors (Lipinski definition) is 2. The van der Waals surface area contributed by atoms with E-state index in [4.69, 9.17) is 26.5 Å². The first kappa shape index (κ1) is 50.4. The van der Waals surface area contributed by atoms with E-state index < -0.39 is 20.8 Å². The van der Waals surface area contributed by atoms with Crippen molar-refractivity contribution in [2.75, 3.05) is 14.2 Å². The normalized spacial score (nSPS) is 14.2. The van der Waals surface area contributed by atoms with Crippen LogP contribution in [0.5, 0.6) is 11.5 Å². The van der Waals surface area contributed by atoms with Gasteiger partial charge in [-0.1, -0.05) is 119 Å². The Bertz CT molecular complexity index is 2190. The van der Waals surface area contributed by atoms with Crippen LogP contribution in [-0.2, 0) is 42.5 Å². The van der Waals surface area contributed by atoms with E-state index in [1.54, 1.807) is 14.2 Å². The van der Waals surface area contributed by atoms with Gasteiger partial charge in [-0.15, -0.1) is 69.1 Å². The average Bonchev–Trinajstić information content (AvgIpc) is 4.13. The molecule has 0 amide bonds. The second-order valence-electron chi connectivity index (χ2n) is 21.5. The summed E-state index contributed by atoms with van der Waals surface area (Å²) in [6.45, 7) is 31.6. The number of halogens is 2. The predicted octanol–water partition coefficient (Wildman–Crippen LogP) is 17.6. The van der Waals surface area contributed by atoms with E-state index in [1.807, 2.05) is 0 Å². The Labute approximate surface area is 397 Å². The monoisotopic (exact) mass is 964 g/mol. The summed E-state index contributed by atoms with van der Waals surface area (Å²) >= 11 is -0.826. The van der Waals surface area contributed by atoms with Gasteiger partial charge in [0, 0.05) is 31.8 Å². The van der Waals surface area contributed by atoms with Crippen LogP contribution >= 0.6 is 17.0 Å². The molecule has 8 rings (SSSR count). The molecule has 0 unspecified atom stereocenters. The number of methoxy groups -OCH3 is 2. The van der Waals surface area contributed by atoms with Gasteiger partial charge in [0.2, 0.25) is 0 Å². The van der Waals surface area contributed by atoms with Crippen molar-refractivity contribution >= 4 is 48.1 Å². The quantitative estimate of drug-likeness (QED) is 0.122. The SMILES string of the molecule is COc1c(C(C)(C)C)cc(-c2cccc3[cH-]c(C4CC4)cc23)cc1C(C)(C)C.COc1c(C(C)(C)C)cc(-c2cccc3[cH-]c(C4CC4)cc23)cc1C(C)(C)C.C[Si]C.[Cl][Zr+2][Cl]. The van der Waals surface area contributed by atoms with Crippen molar-refractivity contribution in [1.29, 1.82) is 0 Å². The average molecular weight is 967 g/mol. The van der Waals surface area contributed by atoms with Crippen LogP contribution in [0, 0.1) is 0 Å². The van der Waals surface area contributed by atoms with Gasteiger partial charge in [0.05, 0.1) is 14.2 Å². The molecule has 6 aromatic carbocycles. The molecule has 2 radical (unpaired) electrons. The minimum atomic E-state index is -0.826. The predicted molar refractivity (Wildman–Crippen MR) is 271 cm³/mol. The van der Waals surface area contributed by atoms with Crippen molar-refractivity contribution in [1.82, 2.24) is 0 Å². The van der Waals surface area contributed by atoms with E-state index >= 15 is 0 Å². The van der Waals surface area contributed by atoms with E-state index in [0.29, 0.717) is 0 Å². The van der Waals surface area contributed by atoms with Crippen molar-refractivity contribution < 1.29 is 30.3 Å². The molecule has 2 nitrogen and oxygen atoms in total. The number of fused-ring (bicyclic) bond motifs is 2. The van der Waals surface area contributed by atoms with Crippen LogP contribution in [0.15, 0.2) is 84.9 Å². The van der Waals surface area contributed by atoms with Gasteiger partial charge in [0.15, 0.2) is 0 Å². The minimum absolute atomic E-state index is 0.0143. The summed E-state index contributed by atoms with van der Waals surface area (Å²) in [7, 11) is 14.6. The molecule has 2 aliphatic rings. The second-order valence-corrected chi connectivity index (χ2v) is 26.3. The molecular formula is C56H72Cl2O2SiZr. The van der Waals surface area contributed by atoms with Crippen LogP contribution in [0.1, 0.15) is 154 Å². The molecule has 0 spiro atoms. The molecule has 0 atom stereocenters. The fourth-order valence-corrected chi connectivity index (χ4v) is 8.56. The van der Waals surface area contributed by atoms with E-state index in [1.165, 1.54) is 103 Å². The van der Waals surface area contributed by atoms with Gasteiger partial charge in [-0.05, 0) is 94.6 Å². The summed E-state index contributed by atoms with van der Waals surface area (Å²) in [5.41, 5.74) is 13.5. The van der Waals surface area contributed by atoms with E-state index in [2.05, 4.69) is 181 Å². The molecule has 330 valence electrons. The Kier molecular flexibility index (Phi) is 16.5. The summed E-state index contributed by atoms with van der Waals surface area (Å²) in [4.78, 5) is 0. The van der Waals surface area contributed by atoms with Gasteiger partial charge >= 0.3 is 37.9 Å². The summed E-state index contributed by atoms with van der Waals surface area (Å²) < 4.78 is 11.9. The molecule has 0 N–H and O–H groups in total.